The van der Waals surface area contributed by atoms with Crippen LogP contribution in [0.2, 0.25) is 0 Å². The summed E-state index contributed by atoms with van der Waals surface area (Å²) in [5.41, 5.74) is 2.63. The van der Waals surface area contributed by atoms with Gasteiger partial charge in [0.1, 0.15) is 5.58 Å². The third kappa shape index (κ3) is 3.37. The van der Waals surface area contributed by atoms with E-state index in [1.165, 1.54) is 0 Å². The lowest BCUT2D eigenvalue weighted by atomic mass is 10.0. The Bertz CT molecular complexity index is 1070. The van der Waals surface area contributed by atoms with Crippen LogP contribution in [-0.4, -0.2) is 32.6 Å². The largest absolute Gasteiger partial charge is 0.486 e. The molecule has 2 heterocycles. The highest BCUT2D eigenvalue weighted by Gasteiger charge is 2.24. The first kappa shape index (κ1) is 16.8. The highest BCUT2D eigenvalue weighted by atomic mass is 16.5. The standard InChI is InChI=1S/C19H17N5O3/c1-11(2)26-16-14-10-13(12-6-4-3-5-7-12)8-9-15(14)27-17(16)18(25)20-19-21-23-24-22-19/h3-11H,1-2H3,(H2,20,21,22,23,24,25). The zero-order valence-electron chi connectivity index (χ0n) is 14.8. The molecule has 0 saturated heterocycles. The van der Waals surface area contributed by atoms with Crippen LogP contribution in [0.1, 0.15) is 24.4 Å². The van der Waals surface area contributed by atoms with Gasteiger partial charge in [0, 0.05) is 0 Å². The Morgan fingerprint density at radius 1 is 1.15 bits per heavy atom. The van der Waals surface area contributed by atoms with Crippen LogP contribution in [0.5, 0.6) is 5.75 Å². The number of fused-ring (bicyclic) bond motifs is 1. The van der Waals surface area contributed by atoms with E-state index in [1.54, 1.807) is 0 Å². The minimum atomic E-state index is -0.510. The monoisotopic (exact) mass is 363 g/mol. The van der Waals surface area contributed by atoms with Gasteiger partial charge in [-0.3, -0.25) is 10.1 Å². The van der Waals surface area contributed by atoms with Gasteiger partial charge >= 0.3 is 0 Å². The van der Waals surface area contributed by atoms with Crippen molar-refractivity contribution in [3.63, 3.8) is 0 Å². The zero-order chi connectivity index (χ0) is 18.8. The third-order valence-electron chi connectivity index (χ3n) is 3.88. The van der Waals surface area contributed by atoms with Crippen LogP contribution in [0.15, 0.2) is 52.9 Å². The Labute approximate surface area is 154 Å². The lowest BCUT2D eigenvalue weighted by Gasteiger charge is -2.10. The van der Waals surface area contributed by atoms with Gasteiger partial charge in [-0.15, -0.1) is 5.10 Å². The number of rotatable bonds is 5. The van der Waals surface area contributed by atoms with E-state index in [2.05, 4.69) is 25.9 Å². The predicted molar refractivity (Wildman–Crippen MR) is 99.5 cm³/mol. The highest BCUT2D eigenvalue weighted by molar-refractivity contribution is 6.08. The average molecular weight is 363 g/mol. The maximum Gasteiger partial charge on any atom is 0.297 e. The Morgan fingerprint density at radius 2 is 1.96 bits per heavy atom. The van der Waals surface area contributed by atoms with Crippen LogP contribution < -0.4 is 10.1 Å². The van der Waals surface area contributed by atoms with E-state index in [0.717, 1.165) is 16.5 Å². The Morgan fingerprint density at radius 3 is 2.67 bits per heavy atom. The summed E-state index contributed by atoms with van der Waals surface area (Å²) in [4.78, 5) is 12.6. The fourth-order valence-corrected chi connectivity index (χ4v) is 2.76. The predicted octanol–water partition coefficient (Wildman–Crippen LogP) is 3.65. The summed E-state index contributed by atoms with van der Waals surface area (Å²) in [5.74, 6) is -0.00192. The van der Waals surface area contributed by atoms with E-state index in [4.69, 9.17) is 9.15 Å². The molecule has 2 aromatic heterocycles. The van der Waals surface area contributed by atoms with Crippen LogP contribution in [0, 0.1) is 0 Å². The molecule has 2 aromatic carbocycles. The molecule has 0 aliphatic heterocycles. The van der Waals surface area contributed by atoms with Crippen molar-refractivity contribution in [3.8, 4) is 16.9 Å². The summed E-state index contributed by atoms with van der Waals surface area (Å²) >= 11 is 0. The molecule has 0 fully saturated rings. The summed E-state index contributed by atoms with van der Waals surface area (Å²) in [6.45, 7) is 3.78. The third-order valence-corrected chi connectivity index (χ3v) is 3.88. The molecule has 4 rings (SSSR count). The van der Waals surface area contributed by atoms with E-state index in [1.807, 2.05) is 62.4 Å². The number of hydrogen-bond acceptors (Lipinski definition) is 6. The van der Waals surface area contributed by atoms with Crippen molar-refractivity contribution in [2.24, 2.45) is 0 Å². The summed E-state index contributed by atoms with van der Waals surface area (Å²) in [6.07, 6.45) is -0.136. The molecule has 136 valence electrons. The van der Waals surface area contributed by atoms with E-state index >= 15 is 0 Å². The number of anilines is 1. The van der Waals surface area contributed by atoms with E-state index in [9.17, 15) is 4.79 Å². The number of amides is 1. The van der Waals surface area contributed by atoms with Crippen LogP contribution in [-0.2, 0) is 0 Å². The summed E-state index contributed by atoms with van der Waals surface area (Å²) < 4.78 is 11.7. The zero-order valence-corrected chi connectivity index (χ0v) is 14.8. The van der Waals surface area contributed by atoms with Gasteiger partial charge in [0.15, 0.2) is 5.75 Å². The molecular formula is C19H17N5O3. The van der Waals surface area contributed by atoms with E-state index < -0.39 is 5.91 Å². The summed E-state index contributed by atoms with van der Waals surface area (Å²) in [7, 11) is 0. The van der Waals surface area contributed by atoms with Crippen LogP contribution >= 0.6 is 0 Å². The van der Waals surface area contributed by atoms with Crippen LogP contribution in [0.4, 0.5) is 5.95 Å². The maximum absolute atomic E-state index is 12.6. The second-order valence-corrected chi connectivity index (χ2v) is 6.19. The Balaban J connectivity index is 1.80. The van der Waals surface area contributed by atoms with Crippen molar-refractivity contribution in [2.75, 3.05) is 5.32 Å². The van der Waals surface area contributed by atoms with Gasteiger partial charge < -0.3 is 9.15 Å². The minimum Gasteiger partial charge on any atom is -0.486 e. The number of carbonyl (C=O) groups excluding carboxylic acids is 1. The topological polar surface area (TPSA) is 106 Å². The molecule has 27 heavy (non-hydrogen) atoms. The van der Waals surface area contributed by atoms with Gasteiger partial charge in [0.2, 0.25) is 5.76 Å². The van der Waals surface area contributed by atoms with Gasteiger partial charge in [0.05, 0.1) is 11.5 Å². The fourth-order valence-electron chi connectivity index (χ4n) is 2.76. The van der Waals surface area contributed by atoms with Gasteiger partial charge in [0.25, 0.3) is 11.9 Å². The molecule has 0 radical (unpaired) electrons. The minimum absolute atomic E-state index is 0.0564. The van der Waals surface area contributed by atoms with Crippen molar-refractivity contribution in [1.82, 2.24) is 20.6 Å². The number of ether oxygens (including phenoxy) is 1. The molecule has 4 aromatic rings. The number of furan rings is 1. The lowest BCUT2D eigenvalue weighted by molar-refractivity contribution is 0.0990. The number of aromatic nitrogens is 4. The fraction of sp³-hybridized carbons (Fsp3) is 0.158. The molecule has 0 aliphatic rings. The molecular weight excluding hydrogens is 346 g/mol. The lowest BCUT2D eigenvalue weighted by Crippen LogP contribution is -2.15. The normalized spacial score (nSPS) is 11.1. The Kier molecular flexibility index (Phi) is 4.29. The van der Waals surface area contributed by atoms with Crippen molar-refractivity contribution in [3.05, 3.63) is 54.3 Å². The molecule has 8 heteroatoms. The first-order valence-corrected chi connectivity index (χ1v) is 8.45. The van der Waals surface area contributed by atoms with Gasteiger partial charge in [-0.2, -0.15) is 5.21 Å². The second kappa shape index (κ2) is 6.91. The number of H-pyrrole nitrogens is 1. The number of tetrazole rings is 1. The van der Waals surface area contributed by atoms with Crippen molar-refractivity contribution >= 4 is 22.8 Å². The number of aromatic amines is 1. The number of carbonyl (C=O) groups is 1. The molecule has 0 atom stereocenters. The summed E-state index contributed by atoms with van der Waals surface area (Å²) in [5, 5.41) is 16.4. The van der Waals surface area contributed by atoms with Gasteiger partial charge in [-0.25, -0.2) is 0 Å². The SMILES string of the molecule is CC(C)Oc1c(C(=O)Nc2nn[nH]n2)oc2ccc(-c3ccccc3)cc12. The second-order valence-electron chi connectivity index (χ2n) is 6.19. The molecule has 1 amide bonds. The Hall–Kier alpha value is -3.68. The molecule has 0 aliphatic carbocycles. The summed E-state index contributed by atoms with van der Waals surface area (Å²) in [6, 6.07) is 15.7. The van der Waals surface area contributed by atoms with Crippen molar-refractivity contribution in [2.45, 2.75) is 20.0 Å². The van der Waals surface area contributed by atoms with Gasteiger partial charge in [-0.05, 0) is 42.3 Å². The molecule has 0 unspecified atom stereocenters. The molecule has 2 N–H and O–H groups in total. The molecule has 0 bridgehead atoms. The number of nitrogens with zero attached hydrogens (tertiary/aromatic N) is 3. The molecule has 8 nitrogen and oxygen atoms in total. The number of nitrogens with one attached hydrogen (secondary N) is 2. The van der Waals surface area contributed by atoms with E-state index in [-0.39, 0.29) is 17.8 Å². The average Bonchev–Trinajstić information content (AvgIpc) is 3.30. The smallest absolute Gasteiger partial charge is 0.297 e. The van der Waals surface area contributed by atoms with Gasteiger partial charge in [-0.1, -0.05) is 41.5 Å². The van der Waals surface area contributed by atoms with Crippen LogP contribution in [0.25, 0.3) is 22.1 Å². The van der Waals surface area contributed by atoms with E-state index in [0.29, 0.717) is 11.3 Å². The van der Waals surface area contributed by atoms with Crippen LogP contribution in [0.3, 0.4) is 0 Å². The molecule has 0 spiro atoms. The van der Waals surface area contributed by atoms with Crippen molar-refractivity contribution < 1.29 is 13.9 Å². The first-order chi connectivity index (χ1) is 13.1. The number of benzene rings is 2. The van der Waals surface area contributed by atoms with Crippen molar-refractivity contribution in [1.29, 1.82) is 0 Å². The maximum atomic E-state index is 12.6. The number of hydrogen-bond donors (Lipinski definition) is 2. The quantitative estimate of drug-likeness (QED) is 0.560. The highest BCUT2D eigenvalue weighted by Crippen LogP contribution is 2.37. The first-order valence-electron chi connectivity index (χ1n) is 8.45. The molecule has 0 saturated carbocycles.